The second-order valence-corrected chi connectivity index (χ2v) is 4.60. The molecule has 1 aromatic carbocycles. The molecule has 0 saturated heterocycles. The zero-order valence-electron chi connectivity index (χ0n) is 9.69. The van der Waals surface area contributed by atoms with Crippen molar-refractivity contribution in [3.05, 3.63) is 39.4 Å². The second-order valence-electron chi connectivity index (χ2n) is 3.81. The zero-order valence-corrected chi connectivity index (χ0v) is 11.2. The number of benzene rings is 1. The first kappa shape index (κ1) is 13.6. The van der Waals surface area contributed by atoms with E-state index in [2.05, 4.69) is 25.2 Å². The van der Waals surface area contributed by atoms with Crippen molar-refractivity contribution < 1.29 is 0 Å². The Morgan fingerprint density at radius 1 is 1.38 bits per heavy atom. The molecule has 1 nitrogen and oxygen atoms in total. The molecule has 0 aliphatic carbocycles. The normalized spacial score (nSPS) is 11.9. The van der Waals surface area contributed by atoms with Gasteiger partial charge in [0.25, 0.3) is 0 Å². The number of hydrogen-bond donors (Lipinski definition) is 1. The highest BCUT2D eigenvalue weighted by Gasteiger charge is 2.01. The maximum absolute atomic E-state index is 6.10. The van der Waals surface area contributed by atoms with E-state index in [0.717, 1.165) is 25.1 Å². The molecule has 3 heteroatoms. The first-order valence-electron chi connectivity index (χ1n) is 5.47. The van der Waals surface area contributed by atoms with Gasteiger partial charge in [-0.3, -0.25) is 0 Å². The van der Waals surface area contributed by atoms with Crippen LogP contribution in [0.5, 0.6) is 0 Å². The number of hydrogen-bond acceptors (Lipinski definition) is 1. The van der Waals surface area contributed by atoms with Gasteiger partial charge in [-0.1, -0.05) is 53.9 Å². The quantitative estimate of drug-likeness (QED) is 0.772. The Balaban J connectivity index is 2.70. The van der Waals surface area contributed by atoms with Crippen LogP contribution in [0.2, 0.25) is 10.0 Å². The third kappa shape index (κ3) is 4.17. The van der Waals surface area contributed by atoms with Crippen LogP contribution in [0.4, 0.5) is 0 Å². The van der Waals surface area contributed by atoms with Crippen LogP contribution < -0.4 is 5.32 Å². The molecule has 1 aromatic rings. The topological polar surface area (TPSA) is 12.0 Å². The summed E-state index contributed by atoms with van der Waals surface area (Å²) in [7, 11) is 0. The summed E-state index contributed by atoms with van der Waals surface area (Å²) in [6.07, 6.45) is 3.21. The van der Waals surface area contributed by atoms with Gasteiger partial charge in [-0.25, -0.2) is 0 Å². The molecule has 0 aromatic heterocycles. The van der Waals surface area contributed by atoms with Crippen LogP contribution in [-0.4, -0.2) is 13.1 Å². The molecule has 0 bridgehead atoms. The molecular weight excluding hydrogens is 241 g/mol. The molecule has 0 aliphatic rings. The lowest BCUT2D eigenvalue weighted by Gasteiger charge is -2.05. The highest BCUT2D eigenvalue weighted by molar-refractivity contribution is 6.42. The zero-order chi connectivity index (χ0) is 12.0. The van der Waals surface area contributed by atoms with Gasteiger partial charge in [0.15, 0.2) is 0 Å². The molecule has 0 saturated carbocycles. The molecule has 0 amide bonds. The van der Waals surface area contributed by atoms with Crippen molar-refractivity contribution >= 4 is 29.3 Å². The molecule has 0 aliphatic heterocycles. The summed E-state index contributed by atoms with van der Waals surface area (Å²) in [5.41, 5.74) is 2.22. The lowest BCUT2D eigenvalue weighted by atomic mass is 10.1. The molecule has 88 valence electrons. The van der Waals surface area contributed by atoms with E-state index in [9.17, 15) is 0 Å². The first-order valence-corrected chi connectivity index (χ1v) is 6.22. The van der Waals surface area contributed by atoms with Gasteiger partial charge in [0, 0.05) is 6.54 Å². The van der Waals surface area contributed by atoms with Crippen LogP contribution in [-0.2, 0) is 0 Å². The van der Waals surface area contributed by atoms with E-state index in [1.54, 1.807) is 6.07 Å². The Morgan fingerprint density at radius 2 is 2.12 bits per heavy atom. The smallest absolute Gasteiger partial charge is 0.0664 e. The maximum Gasteiger partial charge on any atom is 0.0664 e. The largest absolute Gasteiger partial charge is 0.313 e. The Labute approximate surface area is 107 Å². The van der Waals surface area contributed by atoms with Crippen LogP contribution in [0.3, 0.4) is 0 Å². The average molecular weight is 258 g/mol. The predicted octanol–water partition coefficient (Wildman–Crippen LogP) is 4.40. The van der Waals surface area contributed by atoms with E-state index in [-0.39, 0.29) is 0 Å². The van der Waals surface area contributed by atoms with Crippen molar-refractivity contribution in [3.63, 3.8) is 0 Å². The van der Waals surface area contributed by atoms with Gasteiger partial charge < -0.3 is 5.32 Å². The Bertz CT molecular complexity index is 372. The van der Waals surface area contributed by atoms with Gasteiger partial charge in [-0.2, -0.15) is 0 Å². The van der Waals surface area contributed by atoms with E-state index < -0.39 is 0 Å². The van der Waals surface area contributed by atoms with E-state index in [0.29, 0.717) is 10.0 Å². The predicted molar refractivity (Wildman–Crippen MR) is 73.3 cm³/mol. The molecule has 0 unspecified atom stereocenters. The third-order valence-electron chi connectivity index (χ3n) is 2.21. The Morgan fingerprint density at radius 3 is 2.81 bits per heavy atom. The minimum atomic E-state index is 0.602. The van der Waals surface area contributed by atoms with Crippen LogP contribution in [0, 0.1) is 0 Å². The summed E-state index contributed by atoms with van der Waals surface area (Å²) >= 11 is 12.0. The standard InChI is InChI=1S/C13H17Cl2N/c1-3-7-16-9-10(2)8-11-5-4-6-12(14)13(11)15/h4-6,8,16H,3,7,9H2,1-2H3. The summed E-state index contributed by atoms with van der Waals surface area (Å²) in [4.78, 5) is 0. The van der Waals surface area contributed by atoms with Gasteiger partial charge in [0.05, 0.1) is 10.0 Å². The highest BCUT2D eigenvalue weighted by Crippen LogP contribution is 2.26. The summed E-state index contributed by atoms with van der Waals surface area (Å²) in [6, 6.07) is 5.68. The average Bonchev–Trinajstić information content (AvgIpc) is 2.25. The summed E-state index contributed by atoms with van der Waals surface area (Å²) in [5.74, 6) is 0. The van der Waals surface area contributed by atoms with Crippen LogP contribution >= 0.6 is 23.2 Å². The van der Waals surface area contributed by atoms with Crippen molar-refractivity contribution in [3.8, 4) is 0 Å². The molecular formula is C13H17Cl2N. The molecule has 0 atom stereocenters. The number of rotatable bonds is 5. The Kier molecular flexibility index (Phi) is 5.89. The SMILES string of the molecule is CCCNCC(C)=Cc1cccc(Cl)c1Cl. The van der Waals surface area contributed by atoms with E-state index >= 15 is 0 Å². The van der Waals surface area contributed by atoms with E-state index in [1.807, 2.05) is 12.1 Å². The van der Waals surface area contributed by atoms with Gasteiger partial charge in [0.1, 0.15) is 0 Å². The summed E-state index contributed by atoms with van der Waals surface area (Å²) in [5, 5.41) is 4.57. The van der Waals surface area contributed by atoms with Crippen molar-refractivity contribution in [1.29, 1.82) is 0 Å². The van der Waals surface area contributed by atoms with Gasteiger partial charge >= 0.3 is 0 Å². The molecule has 0 spiro atoms. The van der Waals surface area contributed by atoms with Crippen molar-refractivity contribution in [2.24, 2.45) is 0 Å². The maximum atomic E-state index is 6.10. The van der Waals surface area contributed by atoms with Crippen LogP contribution in [0.25, 0.3) is 6.08 Å². The van der Waals surface area contributed by atoms with Crippen molar-refractivity contribution in [2.75, 3.05) is 13.1 Å². The molecule has 0 fully saturated rings. The fourth-order valence-electron chi connectivity index (χ4n) is 1.41. The second kappa shape index (κ2) is 6.95. The van der Waals surface area contributed by atoms with Crippen LogP contribution in [0.1, 0.15) is 25.8 Å². The van der Waals surface area contributed by atoms with Gasteiger partial charge in [0.2, 0.25) is 0 Å². The highest BCUT2D eigenvalue weighted by atomic mass is 35.5. The van der Waals surface area contributed by atoms with Gasteiger partial charge in [-0.05, 0) is 31.5 Å². The van der Waals surface area contributed by atoms with Crippen molar-refractivity contribution in [1.82, 2.24) is 5.32 Å². The summed E-state index contributed by atoms with van der Waals surface area (Å²) in [6.45, 7) is 6.16. The van der Waals surface area contributed by atoms with Crippen LogP contribution in [0.15, 0.2) is 23.8 Å². The van der Waals surface area contributed by atoms with E-state index in [1.165, 1.54) is 5.57 Å². The number of nitrogens with one attached hydrogen (secondary N) is 1. The molecule has 16 heavy (non-hydrogen) atoms. The Hall–Kier alpha value is -0.500. The third-order valence-corrected chi connectivity index (χ3v) is 3.05. The molecule has 1 rings (SSSR count). The monoisotopic (exact) mass is 257 g/mol. The fraction of sp³-hybridized carbons (Fsp3) is 0.385. The fourth-order valence-corrected chi connectivity index (χ4v) is 1.77. The minimum Gasteiger partial charge on any atom is -0.313 e. The lowest BCUT2D eigenvalue weighted by molar-refractivity contribution is 0.715. The lowest BCUT2D eigenvalue weighted by Crippen LogP contribution is -2.16. The van der Waals surface area contributed by atoms with Gasteiger partial charge in [-0.15, -0.1) is 0 Å². The molecule has 0 heterocycles. The van der Waals surface area contributed by atoms with E-state index in [4.69, 9.17) is 23.2 Å². The molecule has 0 radical (unpaired) electrons. The summed E-state index contributed by atoms with van der Waals surface area (Å²) < 4.78 is 0. The molecule has 1 N–H and O–H groups in total. The van der Waals surface area contributed by atoms with Crippen molar-refractivity contribution in [2.45, 2.75) is 20.3 Å². The first-order chi connectivity index (χ1) is 7.65. The minimum absolute atomic E-state index is 0.602. The number of halogens is 2.